The standard InChI is InChI=1S/C28H35N7O2/c1-6-23(36)15-21-14-19(3)8-9-24(21)31-27-20(4)18-29-28(33-27)30-22-16-25(32-26(17-22)37-5)35-12-10-34(7-2)11-13-35/h6,8-9,14,16-18H,1,7,10-13,15H2,2-5H3,(H2,29,30,31,32,33). The van der Waals surface area contributed by atoms with Crippen molar-refractivity contribution in [2.45, 2.75) is 27.2 Å². The van der Waals surface area contributed by atoms with Gasteiger partial charge >= 0.3 is 0 Å². The van der Waals surface area contributed by atoms with Gasteiger partial charge in [-0.2, -0.15) is 9.97 Å². The first-order valence-electron chi connectivity index (χ1n) is 12.5. The van der Waals surface area contributed by atoms with E-state index >= 15 is 0 Å². The monoisotopic (exact) mass is 501 g/mol. The average Bonchev–Trinajstić information content (AvgIpc) is 2.91. The fourth-order valence-corrected chi connectivity index (χ4v) is 4.26. The number of aryl methyl sites for hydroxylation is 2. The zero-order valence-electron chi connectivity index (χ0n) is 22.0. The molecule has 0 atom stereocenters. The minimum absolute atomic E-state index is 0.0334. The van der Waals surface area contributed by atoms with Crippen molar-refractivity contribution in [2.24, 2.45) is 0 Å². The van der Waals surface area contributed by atoms with Gasteiger partial charge in [0.15, 0.2) is 5.78 Å². The van der Waals surface area contributed by atoms with E-state index < -0.39 is 0 Å². The van der Waals surface area contributed by atoms with Crippen LogP contribution in [0.4, 0.5) is 29.0 Å². The molecule has 0 spiro atoms. The van der Waals surface area contributed by atoms with E-state index in [1.807, 2.05) is 44.2 Å². The molecule has 0 radical (unpaired) electrons. The predicted octanol–water partition coefficient (Wildman–Crippen LogP) is 4.42. The summed E-state index contributed by atoms with van der Waals surface area (Å²) >= 11 is 0. The van der Waals surface area contributed by atoms with Gasteiger partial charge in [-0.3, -0.25) is 4.79 Å². The van der Waals surface area contributed by atoms with Crippen LogP contribution in [0, 0.1) is 13.8 Å². The number of benzene rings is 1. The number of rotatable bonds is 10. The van der Waals surface area contributed by atoms with E-state index in [9.17, 15) is 4.79 Å². The number of carbonyl (C=O) groups is 1. The highest BCUT2D eigenvalue weighted by Crippen LogP contribution is 2.28. The summed E-state index contributed by atoms with van der Waals surface area (Å²) in [5.74, 6) is 2.46. The first-order valence-corrected chi connectivity index (χ1v) is 12.5. The van der Waals surface area contributed by atoms with Crippen LogP contribution >= 0.6 is 0 Å². The maximum absolute atomic E-state index is 12.0. The molecule has 194 valence electrons. The van der Waals surface area contributed by atoms with Crippen LogP contribution in [-0.2, 0) is 11.2 Å². The first-order chi connectivity index (χ1) is 17.9. The Morgan fingerprint density at radius 2 is 1.89 bits per heavy atom. The molecule has 37 heavy (non-hydrogen) atoms. The average molecular weight is 502 g/mol. The molecule has 2 N–H and O–H groups in total. The summed E-state index contributed by atoms with van der Waals surface area (Å²) < 4.78 is 5.48. The molecule has 9 nitrogen and oxygen atoms in total. The van der Waals surface area contributed by atoms with E-state index in [0.29, 0.717) is 17.6 Å². The van der Waals surface area contributed by atoms with E-state index in [0.717, 1.165) is 66.6 Å². The van der Waals surface area contributed by atoms with Gasteiger partial charge in [0.1, 0.15) is 11.6 Å². The lowest BCUT2D eigenvalue weighted by Crippen LogP contribution is -2.46. The number of likely N-dealkylation sites (N-methyl/N-ethyl adjacent to an activating group) is 1. The Bertz CT molecular complexity index is 1270. The first kappa shape index (κ1) is 26.1. The van der Waals surface area contributed by atoms with E-state index in [4.69, 9.17) is 9.72 Å². The maximum atomic E-state index is 12.0. The quantitative estimate of drug-likeness (QED) is 0.391. The van der Waals surface area contributed by atoms with Crippen molar-refractivity contribution in [3.05, 3.63) is 65.9 Å². The van der Waals surface area contributed by atoms with Crippen LogP contribution in [0.25, 0.3) is 0 Å². The zero-order chi connectivity index (χ0) is 26.4. The highest BCUT2D eigenvalue weighted by molar-refractivity contribution is 5.92. The second-order valence-electron chi connectivity index (χ2n) is 9.16. The third-order valence-electron chi connectivity index (χ3n) is 6.47. The molecule has 3 heterocycles. The van der Waals surface area contributed by atoms with Crippen molar-refractivity contribution in [1.82, 2.24) is 19.9 Å². The maximum Gasteiger partial charge on any atom is 0.229 e. The number of piperazine rings is 1. The number of aromatic nitrogens is 3. The zero-order valence-corrected chi connectivity index (χ0v) is 22.0. The van der Waals surface area contributed by atoms with E-state index in [2.05, 4.69) is 43.9 Å². The smallest absolute Gasteiger partial charge is 0.229 e. The molecule has 3 aromatic rings. The highest BCUT2D eigenvalue weighted by Gasteiger charge is 2.18. The Balaban J connectivity index is 1.56. The van der Waals surface area contributed by atoms with Crippen molar-refractivity contribution in [3.8, 4) is 5.88 Å². The summed E-state index contributed by atoms with van der Waals surface area (Å²) in [6.45, 7) is 14.6. The number of nitrogens with one attached hydrogen (secondary N) is 2. The van der Waals surface area contributed by atoms with E-state index in [-0.39, 0.29) is 12.2 Å². The van der Waals surface area contributed by atoms with Crippen molar-refractivity contribution in [1.29, 1.82) is 0 Å². The number of anilines is 5. The summed E-state index contributed by atoms with van der Waals surface area (Å²) in [6.07, 6.45) is 3.39. The fraction of sp³-hybridized carbons (Fsp3) is 0.357. The second-order valence-corrected chi connectivity index (χ2v) is 9.16. The molecule has 1 saturated heterocycles. The largest absolute Gasteiger partial charge is 0.481 e. The molecule has 1 fully saturated rings. The molecule has 4 rings (SSSR count). The van der Waals surface area contributed by atoms with Gasteiger partial charge in [0.05, 0.1) is 7.11 Å². The van der Waals surface area contributed by atoms with Gasteiger partial charge in [0, 0.05) is 67.9 Å². The number of ketones is 1. The normalized spacial score (nSPS) is 13.8. The molecule has 0 saturated carbocycles. The molecule has 1 aromatic carbocycles. The number of hydrogen-bond donors (Lipinski definition) is 2. The summed E-state index contributed by atoms with van der Waals surface area (Å²) in [5.41, 5.74) is 4.48. The number of nitrogens with zero attached hydrogens (tertiary/aromatic N) is 5. The second kappa shape index (κ2) is 11.8. The van der Waals surface area contributed by atoms with Gasteiger partial charge in [0.25, 0.3) is 0 Å². The minimum Gasteiger partial charge on any atom is -0.481 e. The van der Waals surface area contributed by atoms with Crippen LogP contribution in [0.3, 0.4) is 0 Å². The molecule has 0 aliphatic carbocycles. The van der Waals surface area contributed by atoms with E-state index in [1.165, 1.54) is 6.08 Å². The van der Waals surface area contributed by atoms with Crippen molar-refractivity contribution < 1.29 is 9.53 Å². The van der Waals surface area contributed by atoms with Crippen molar-refractivity contribution in [2.75, 3.05) is 55.4 Å². The summed E-state index contributed by atoms with van der Waals surface area (Å²) in [5, 5.41) is 6.70. The predicted molar refractivity (Wildman–Crippen MR) is 149 cm³/mol. The number of pyridine rings is 1. The van der Waals surface area contributed by atoms with Gasteiger partial charge in [-0.15, -0.1) is 0 Å². The van der Waals surface area contributed by atoms with Gasteiger partial charge in [-0.05, 0) is 38.1 Å². The summed E-state index contributed by atoms with van der Waals surface area (Å²) in [4.78, 5) is 30.6. The number of methoxy groups -OCH3 is 1. The van der Waals surface area contributed by atoms with Crippen LogP contribution in [-0.4, -0.2) is 65.5 Å². The van der Waals surface area contributed by atoms with Gasteiger partial charge in [-0.25, -0.2) is 4.98 Å². The summed E-state index contributed by atoms with van der Waals surface area (Å²) in [6, 6.07) is 9.81. The highest BCUT2D eigenvalue weighted by atomic mass is 16.5. The lowest BCUT2D eigenvalue weighted by molar-refractivity contribution is -0.114. The fourth-order valence-electron chi connectivity index (χ4n) is 4.26. The van der Waals surface area contributed by atoms with Crippen LogP contribution in [0.5, 0.6) is 5.88 Å². The van der Waals surface area contributed by atoms with Crippen LogP contribution in [0.1, 0.15) is 23.6 Å². The molecule has 9 heteroatoms. The number of carbonyl (C=O) groups excluding carboxylic acids is 1. The Hall–Kier alpha value is -3.98. The SMILES string of the molecule is C=CC(=O)Cc1cc(C)ccc1Nc1nc(Nc2cc(OC)nc(N3CCN(CC)CC3)c2)ncc1C. The summed E-state index contributed by atoms with van der Waals surface area (Å²) in [7, 11) is 1.62. The molecule has 0 unspecified atom stereocenters. The molecule has 1 aliphatic rings. The van der Waals surface area contributed by atoms with Gasteiger partial charge < -0.3 is 25.2 Å². The molecular formula is C28H35N7O2. The lowest BCUT2D eigenvalue weighted by atomic mass is 10.0. The van der Waals surface area contributed by atoms with Gasteiger partial charge in [0.2, 0.25) is 11.8 Å². The van der Waals surface area contributed by atoms with Crippen molar-refractivity contribution in [3.63, 3.8) is 0 Å². The van der Waals surface area contributed by atoms with Crippen LogP contribution < -0.4 is 20.3 Å². The topological polar surface area (TPSA) is 95.5 Å². The van der Waals surface area contributed by atoms with Crippen LogP contribution in [0.15, 0.2) is 49.2 Å². The molecule has 2 aromatic heterocycles. The Morgan fingerprint density at radius 1 is 1.11 bits per heavy atom. The number of hydrogen-bond acceptors (Lipinski definition) is 9. The number of ether oxygens (including phenoxy) is 1. The Labute approximate surface area is 218 Å². The third kappa shape index (κ3) is 6.62. The number of allylic oxidation sites excluding steroid dienone is 1. The molecular weight excluding hydrogens is 466 g/mol. The third-order valence-corrected chi connectivity index (χ3v) is 6.47. The molecule has 0 amide bonds. The Kier molecular flexibility index (Phi) is 8.35. The van der Waals surface area contributed by atoms with Gasteiger partial charge in [-0.1, -0.05) is 31.2 Å². The lowest BCUT2D eigenvalue weighted by Gasteiger charge is -2.35. The molecule has 1 aliphatic heterocycles. The Morgan fingerprint density at radius 3 is 2.59 bits per heavy atom. The minimum atomic E-state index is -0.0334. The van der Waals surface area contributed by atoms with Crippen LogP contribution in [0.2, 0.25) is 0 Å². The van der Waals surface area contributed by atoms with Crippen molar-refractivity contribution >= 4 is 34.7 Å². The molecule has 0 bridgehead atoms. The van der Waals surface area contributed by atoms with E-state index in [1.54, 1.807) is 13.3 Å².